The average Bonchev–Trinajstić information content (AvgIpc) is 2.98. The maximum absolute atomic E-state index is 12.7. The van der Waals surface area contributed by atoms with Crippen molar-refractivity contribution in [3.63, 3.8) is 0 Å². The van der Waals surface area contributed by atoms with Gasteiger partial charge in [0.05, 0.1) is 4.90 Å². The Hall–Kier alpha value is -1.66. The minimum absolute atomic E-state index is 0.0520. The third-order valence-electron chi connectivity index (χ3n) is 4.61. The molecule has 0 unspecified atom stereocenters. The highest BCUT2D eigenvalue weighted by Crippen LogP contribution is 2.33. The van der Waals surface area contributed by atoms with Crippen molar-refractivity contribution in [3.05, 3.63) is 35.9 Å². The van der Waals surface area contributed by atoms with Crippen LogP contribution in [0.25, 0.3) is 0 Å². The number of fused-ring (bicyclic) bond motifs is 1. The molecule has 5 nitrogen and oxygen atoms in total. The highest BCUT2D eigenvalue weighted by molar-refractivity contribution is 7.89. The lowest BCUT2D eigenvalue weighted by atomic mass is 9.93. The topological polar surface area (TPSA) is 57.7 Å². The fourth-order valence-electron chi connectivity index (χ4n) is 3.22. The van der Waals surface area contributed by atoms with Gasteiger partial charge in [0.2, 0.25) is 15.9 Å². The molecule has 0 bridgehead atoms. The summed E-state index contributed by atoms with van der Waals surface area (Å²) in [5.41, 5.74) is 1.80. The van der Waals surface area contributed by atoms with E-state index < -0.39 is 10.0 Å². The predicted octanol–water partition coefficient (Wildman–Crippen LogP) is 2.18. The van der Waals surface area contributed by atoms with E-state index in [-0.39, 0.29) is 16.7 Å². The summed E-state index contributed by atoms with van der Waals surface area (Å²) in [5, 5.41) is 0. The molecule has 3 rings (SSSR count). The van der Waals surface area contributed by atoms with Crippen molar-refractivity contribution in [2.24, 2.45) is 5.92 Å². The largest absolute Gasteiger partial charge is 0.312 e. The number of sulfonamides is 1. The monoisotopic (exact) mass is 334 g/mol. The van der Waals surface area contributed by atoms with E-state index in [0.29, 0.717) is 13.0 Å². The Labute approximate surface area is 137 Å². The third-order valence-corrected chi connectivity index (χ3v) is 6.42. The van der Waals surface area contributed by atoms with Gasteiger partial charge in [-0.25, -0.2) is 12.7 Å². The van der Waals surface area contributed by atoms with Crippen LogP contribution in [0.15, 0.2) is 35.2 Å². The number of benzene rings is 1. The summed E-state index contributed by atoms with van der Waals surface area (Å²) in [7, 11) is -0.390. The van der Waals surface area contributed by atoms with Crippen molar-refractivity contribution >= 4 is 21.6 Å². The number of nitrogens with zero attached hydrogens (tertiary/aromatic N) is 2. The second kappa shape index (κ2) is 6.09. The molecule has 6 heteroatoms. The molecule has 1 aromatic carbocycles. The summed E-state index contributed by atoms with van der Waals surface area (Å²) in [4.78, 5) is 14.8. The first-order valence-corrected chi connectivity index (χ1v) is 9.37. The molecule has 124 valence electrons. The molecule has 2 aliphatic rings. The van der Waals surface area contributed by atoms with Crippen molar-refractivity contribution in [1.82, 2.24) is 4.31 Å². The number of hydrogen-bond acceptors (Lipinski definition) is 3. The molecule has 1 aromatic rings. The van der Waals surface area contributed by atoms with Crippen LogP contribution in [0.1, 0.15) is 24.8 Å². The molecule has 0 saturated carbocycles. The Morgan fingerprint density at radius 2 is 2.04 bits per heavy atom. The van der Waals surface area contributed by atoms with Crippen molar-refractivity contribution in [3.8, 4) is 0 Å². The van der Waals surface area contributed by atoms with Gasteiger partial charge in [-0.2, -0.15) is 0 Å². The molecule has 1 aliphatic heterocycles. The molecular formula is C17H22N2O3S. The number of carbonyl (C=O) groups is 1. The Morgan fingerprint density at radius 1 is 1.26 bits per heavy atom. The van der Waals surface area contributed by atoms with Gasteiger partial charge in [0, 0.05) is 32.2 Å². The van der Waals surface area contributed by atoms with E-state index in [1.807, 2.05) is 4.90 Å². The van der Waals surface area contributed by atoms with E-state index in [0.717, 1.165) is 30.5 Å². The van der Waals surface area contributed by atoms with E-state index in [4.69, 9.17) is 0 Å². The van der Waals surface area contributed by atoms with E-state index in [1.165, 1.54) is 18.4 Å². The van der Waals surface area contributed by atoms with Gasteiger partial charge in [-0.15, -0.1) is 0 Å². The van der Waals surface area contributed by atoms with Gasteiger partial charge in [-0.1, -0.05) is 12.2 Å². The molecular weight excluding hydrogens is 312 g/mol. The van der Waals surface area contributed by atoms with Gasteiger partial charge < -0.3 is 4.90 Å². The number of carbonyl (C=O) groups excluding carboxylic acids is 1. The fourth-order valence-corrected chi connectivity index (χ4v) is 4.17. The van der Waals surface area contributed by atoms with Gasteiger partial charge in [0.1, 0.15) is 0 Å². The minimum Gasteiger partial charge on any atom is -0.312 e. The Kier molecular flexibility index (Phi) is 4.29. The summed E-state index contributed by atoms with van der Waals surface area (Å²) < 4.78 is 25.7. The van der Waals surface area contributed by atoms with Crippen LogP contribution < -0.4 is 4.90 Å². The number of amides is 1. The van der Waals surface area contributed by atoms with E-state index in [9.17, 15) is 13.2 Å². The number of anilines is 1. The van der Waals surface area contributed by atoms with Gasteiger partial charge >= 0.3 is 0 Å². The second-order valence-corrected chi connectivity index (χ2v) is 8.45. The van der Waals surface area contributed by atoms with Gasteiger partial charge in [0.25, 0.3) is 0 Å². The predicted molar refractivity (Wildman–Crippen MR) is 89.9 cm³/mol. The lowest BCUT2D eigenvalue weighted by molar-refractivity contribution is -0.122. The standard InChI is InChI=1S/C17H22N2O3S/c1-18(2)23(21,22)15-8-9-16-14(12-15)10-11-19(16)17(20)13-6-4-3-5-7-13/h3-4,8-9,12-13H,5-7,10-11H2,1-2H3/t13-/m1/s1. The van der Waals surface area contributed by atoms with Crippen LogP contribution in [-0.2, 0) is 21.2 Å². The van der Waals surface area contributed by atoms with Crippen LogP contribution in [-0.4, -0.2) is 39.3 Å². The summed E-state index contributed by atoms with van der Waals surface area (Å²) in [6.07, 6.45) is 7.57. The maximum atomic E-state index is 12.7. The molecule has 0 radical (unpaired) electrons. The normalized spacial score (nSPS) is 20.8. The zero-order valence-corrected chi connectivity index (χ0v) is 14.3. The van der Waals surface area contributed by atoms with Crippen molar-refractivity contribution in [1.29, 1.82) is 0 Å². The first-order valence-electron chi connectivity index (χ1n) is 7.93. The Balaban J connectivity index is 1.87. The molecule has 1 amide bonds. The smallest absolute Gasteiger partial charge is 0.242 e. The van der Waals surface area contributed by atoms with Crippen LogP contribution in [0, 0.1) is 5.92 Å². The fraction of sp³-hybridized carbons (Fsp3) is 0.471. The number of rotatable bonds is 3. The van der Waals surface area contributed by atoms with E-state index >= 15 is 0 Å². The Morgan fingerprint density at radius 3 is 2.70 bits per heavy atom. The highest BCUT2D eigenvalue weighted by atomic mass is 32.2. The van der Waals surface area contributed by atoms with Gasteiger partial charge in [0.15, 0.2) is 0 Å². The molecule has 0 fully saturated rings. The van der Waals surface area contributed by atoms with Gasteiger partial charge in [-0.3, -0.25) is 4.79 Å². The molecule has 1 aliphatic carbocycles. The Bertz CT molecular complexity index is 753. The maximum Gasteiger partial charge on any atom is 0.242 e. The first-order chi connectivity index (χ1) is 10.9. The molecule has 1 atom stereocenters. The van der Waals surface area contributed by atoms with Crippen molar-refractivity contribution < 1.29 is 13.2 Å². The summed E-state index contributed by atoms with van der Waals surface area (Å²) in [5.74, 6) is 0.215. The molecule has 0 aromatic heterocycles. The zero-order chi connectivity index (χ0) is 16.6. The number of hydrogen-bond donors (Lipinski definition) is 0. The second-order valence-electron chi connectivity index (χ2n) is 6.30. The minimum atomic E-state index is -3.44. The molecule has 1 heterocycles. The first kappa shape index (κ1) is 16.2. The van der Waals surface area contributed by atoms with Gasteiger partial charge in [-0.05, 0) is 49.4 Å². The summed E-state index contributed by atoms with van der Waals surface area (Å²) in [6.45, 7) is 0.639. The number of allylic oxidation sites excluding steroid dienone is 2. The summed E-state index contributed by atoms with van der Waals surface area (Å²) in [6, 6.07) is 5.08. The van der Waals surface area contributed by atoms with Crippen LogP contribution in [0.3, 0.4) is 0 Å². The SMILES string of the molecule is CN(C)S(=O)(=O)c1ccc2c(c1)CCN2C(=O)[C@@H]1CC=CCC1. The van der Waals surface area contributed by atoms with E-state index in [1.54, 1.807) is 18.2 Å². The molecule has 0 N–H and O–H groups in total. The van der Waals surface area contributed by atoms with Crippen LogP contribution in [0.4, 0.5) is 5.69 Å². The summed E-state index contributed by atoms with van der Waals surface area (Å²) >= 11 is 0. The lowest BCUT2D eigenvalue weighted by Crippen LogP contribution is -2.35. The van der Waals surface area contributed by atoms with Crippen LogP contribution in [0.5, 0.6) is 0 Å². The van der Waals surface area contributed by atoms with Crippen LogP contribution in [0.2, 0.25) is 0 Å². The quantitative estimate of drug-likeness (QED) is 0.796. The molecule has 0 spiro atoms. The molecule has 0 saturated heterocycles. The lowest BCUT2D eigenvalue weighted by Gasteiger charge is -2.24. The van der Waals surface area contributed by atoms with Crippen LogP contribution >= 0.6 is 0 Å². The zero-order valence-electron chi connectivity index (χ0n) is 13.5. The average molecular weight is 334 g/mol. The van der Waals surface area contributed by atoms with E-state index in [2.05, 4.69) is 12.2 Å². The molecule has 23 heavy (non-hydrogen) atoms. The third kappa shape index (κ3) is 2.93. The van der Waals surface area contributed by atoms with Crippen molar-refractivity contribution in [2.75, 3.05) is 25.5 Å². The highest BCUT2D eigenvalue weighted by Gasteiger charge is 2.31. The van der Waals surface area contributed by atoms with Crippen molar-refractivity contribution in [2.45, 2.75) is 30.6 Å².